The number of benzene rings is 2. The molecular formula is C16H16N2O6. The molecule has 0 aliphatic rings. The van der Waals surface area contributed by atoms with Gasteiger partial charge >= 0.3 is 5.69 Å². The first-order valence-corrected chi connectivity index (χ1v) is 7.16. The third-order valence-electron chi connectivity index (χ3n) is 3.55. The zero-order valence-corrected chi connectivity index (χ0v) is 12.9. The smallest absolute Gasteiger partial charge is 0.311 e. The molecule has 0 aliphatic heterocycles. The van der Waals surface area contributed by atoms with Gasteiger partial charge in [-0.1, -0.05) is 36.4 Å². The fourth-order valence-corrected chi connectivity index (χ4v) is 2.11. The minimum atomic E-state index is -1.44. The Morgan fingerprint density at radius 3 is 2.38 bits per heavy atom. The molecule has 0 radical (unpaired) electrons. The van der Waals surface area contributed by atoms with Gasteiger partial charge in [0.05, 0.1) is 4.92 Å². The lowest BCUT2D eigenvalue weighted by atomic mass is 10.0. The lowest BCUT2D eigenvalue weighted by molar-refractivity contribution is -0.531. The minimum absolute atomic E-state index is 0.0357. The molecule has 0 saturated carbocycles. The number of hydrogen-bond acceptors (Lipinski definition) is 6. The molecule has 2 aromatic rings. The van der Waals surface area contributed by atoms with Crippen molar-refractivity contribution in [2.45, 2.75) is 25.7 Å². The lowest BCUT2D eigenvalue weighted by Crippen LogP contribution is -2.24. The van der Waals surface area contributed by atoms with E-state index in [4.69, 9.17) is 4.74 Å². The van der Waals surface area contributed by atoms with Gasteiger partial charge in [0.1, 0.15) is 12.7 Å². The van der Waals surface area contributed by atoms with Crippen molar-refractivity contribution in [3.8, 4) is 5.75 Å². The zero-order valence-electron chi connectivity index (χ0n) is 12.9. The SMILES string of the molecule is CC(C(O)c1ccc(OCc2ccccc2)c([N+](=O)[O-])c1)[N+](=O)[O-]. The Morgan fingerprint density at radius 2 is 1.79 bits per heavy atom. The highest BCUT2D eigenvalue weighted by atomic mass is 16.6. The van der Waals surface area contributed by atoms with Gasteiger partial charge in [0, 0.05) is 17.9 Å². The Hall–Kier alpha value is -3.00. The molecule has 126 valence electrons. The van der Waals surface area contributed by atoms with Crippen molar-refractivity contribution in [2.75, 3.05) is 0 Å². The molecule has 0 heterocycles. The molecular weight excluding hydrogens is 316 g/mol. The average Bonchev–Trinajstić information content (AvgIpc) is 2.59. The summed E-state index contributed by atoms with van der Waals surface area (Å²) in [6, 6.07) is 11.7. The zero-order chi connectivity index (χ0) is 17.7. The molecule has 0 saturated heterocycles. The summed E-state index contributed by atoms with van der Waals surface area (Å²) in [7, 11) is 0. The fraction of sp³-hybridized carbons (Fsp3) is 0.250. The molecule has 24 heavy (non-hydrogen) atoms. The van der Waals surface area contributed by atoms with Crippen LogP contribution in [0.1, 0.15) is 24.2 Å². The second kappa shape index (κ2) is 7.51. The molecule has 2 aromatic carbocycles. The van der Waals surface area contributed by atoms with E-state index in [9.17, 15) is 25.3 Å². The molecule has 0 bridgehead atoms. The first-order chi connectivity index (χ1) is 11.4. The van der Waals surface area contributed by atoms with E-state index in [1.54, 1.807) is 0 Å². The summed E-state index contributed by atoms with van der Waals surface area (Å²) in [6.45, 7) is 1.38. The number of rotatable bonds is 7. The van der Waals surface area contributed by atoms with Crippen LogP contribution in [0.25, 0.3) is 0 Å². The highest BCUT2D eigenvalue weighted by molar-refractivity contribution is 5.49. The molecule has 1 N–H and O–H groups in total. The Morgan fingerprint density at radius 1 is 1.12 bits per heavy atom. The van der Waals surface area contributed by atoms with Gasteiger partial charge in [0.25, 0.3) is 0 Å². The molecule has 0 aromatic heterocycles. The molecule has 2 atom stereocenters. The quantitative estimate of drug-likeness (QED) is 0.615. The predicted molar refractivity (Wildman–Crippen MR) is 85.3 cm³/mol. The standard InChI is InChI=1S/C16H16N2O6/c1-11(17(20)21)16(19)13-7-8-15(14(9-13)18(22)23)24-10-12-5-3-2-4-6-12/h2-9,11,16,19H,10H2,1H3. The summed E-state index contributed by atoms with van der Waals surface area (Å²) in [6.07, 6.45) is -1.44. The Bertz CT molecular complexity index is 735. The maximum atomic E-state index is 11.2. The highest BCUT2D eigenvalue weighted by Crippen LogP contribution is 2.32. The number of nitro groups is 2. The second-order valence-electron chi connectivity index (χ2n) is 5.23. The van der Waals surface area contributed by atoms with E-state index < -0.39 is 22.0 Å². The van der Waals surface area contributed by atoms with E-state index in [-0.39, 0.29) is 23.6 Å². The number of ether oxygens (including phenoxy) is 1. The summed E-state index contributed by atoms with van der Waals surface area (Å²) < 4.78 is 5.47. The van der Waals surface area contributed by atoms with Crippen LogP contribution in [0.4, 0.5) is 5.69 Å². The van der Waals surface area contributed by atoms with Crippen molar-refractivity contribution in [3.63, 3.8) is 0 Å². The minimum Gasteiger partial charge on any atom is -0.482 e. The maximum absolute atomic E-state index is 11.2. The first kappa shape index (κ1) is 17.4. The van der Waals surface area contributed by atoms with E-state index in [0.717, 1.165) is 11.6 Å². The third kappa shape index (κ3) is 4.05. The van der Waals surface area contributed by atoms with Crippen LogP contribution in [-0.2, 0) is 6.61 Å². The van der Waals surface area contributed by atoms with Crippen molar-refractivity contribution in [3.05, 3.63) is 79.9 Å². The number of nitrogens with zero attached hydrogens (tertiary/aromatic N) is 2. The lowest BCUT2D eigenvalue weighted by Gasteiger charge is -2.13. The van der Waals surface area contributed by atoms with Crippen LogP contribution in [0.2, 0.25) is 0 Å². The largest absolute Gasteiger partial charge is 0.482 e. The molecule has 2 unspecified atom stereocenters. The van der Waals surface area contributed by atoms with Crippen molar-refractivity contribution in [1.29, 1.82) is 0 Å². The predicted octanol–water partition coefficient (Wildman–Crippen LogP) is 2.87. The molecule has 0 aliphatic carbocycles. The van der Waals surface area contributed by atoms with Crippen LogP contribution in [0, 0.1) is 20.2 Å². The van der Waals surface area contributed by atoms with Crippen molar-refractivity contribution in [2.24, 2.45) is 0 Å². The van der Waals surface area contributed by atoms with Crippen LogP contribution in [-0.4, -0.2) is 21.0 Å². The second-order valence-corrected chi connectivity index (χ2v) is 5.23. The molecule has 0 fully saturated rings. The Kier molecular flexibility index (Phi) is 5.43. The first-order valence-electron chi connectivity index (χ1n) is 7.16. The molecule has 8 heteroatoms. The molecule has 2 rings (SSSR count). The van der Waals surface area contributed by atoms with Gasteiger partial charge in [-0.05, 0) is 17.2 Å². The topological polar surface area (TPSA) is 116 Å². The van der Waals surface area contributed by atoms with Crippen LogP contribution < -0.4 is 4.74 Å². The summed E-state index contributed by atoms with van der Waals surface area (Å²) in [5.41, 5.74) is 0.592. The summed E-state index contributed by atoms with van der Waals surface area (Å²) in [5.74, 6) is 0.0357. The fourth-order valence-electron chi connectivity index (χ4n) is 2.11. The van der Waals surface area contributed by atoms with Gasteiger partial charge in [-0.2, -0.15) is 0 Å². The van der Waals surface area contributed by atoms with Gasteiger partial charge in [0.15, 0.2) is 5.75 Å². The number of nitro benzene ring substituents is 1. The van der Waals surface area contributed by atoms with Gasteiger partial charge in [-0.25, -0.2) is 0 Å². The summed E-state index contributed by atoms with van der Waals surface area (Å²) in [4.78, 5) is 20.7. The van der Waals surface area contributed by atoms with Gasteiger partial charge in [-0.15, -0.1) is 0 Å². The van der Waals surface area contributed by atoms with Gasteiger partial charge in [-0.3, -0.25) is 20.2 Å². The normalized spacial score (nSPS) is 13.1. The Labute approximate surface area is 137 Å². The summed E-state index contributed by atoms with van der Waals surface area (Å²) in [5, 5.41) is 31.9. The van der Waals surface area contributed by atoms with Crippen molar-refractivity contribution < 1.29 is 19.7 Å². The van der Waals surface area contributed by atoms with Crippen LogP contribution >= 0.6 is 0 Å². The number of hydrogen-bond donors (Lipinski definition) is 1. The number of aliphatic hydroxyl groups is 1. The molecule has 8 nitrogen and oxygen atoms in total. The van der Waals surface area contributed by atoms with Crippen LogP contribution in [0.15, 0.2) is 48.5 Å². The highest BCUT2D eigenvalue weighted by Gasteiger charge is 2.28. The van der Waals surface area contributed by atoms with E-state index in [0.29, 0.717) is 0 Å². The van der Waals surface area contributed by atoms with E-state index >= 15 is 0 Å². The van der Waals surface area contributed by atoms with E-state index in [1.165, 1.54) is 19.1 Å². The third-order valence-corrected chi connectivity index (χ3v) is 3.55. The van der Waals surface area contributed by atoms with Gasteiger partial charge < -0.3 is 9.84 Å². The van der Waals surface area contributed by atoms with Gasteiger partial charge in [0.2, 0.25) is 6.04 Å². The monoisotopic (exact) mass is 332 g/mol. The molecule has 0 amide bonds. The van der Waals surface area contributed by atoms with Crippen molar-refractivity contribution in [1.82, 2.24) is 0 Å². The Balaban J connectivity index is 2.23. The summed E-state index contributed by atoms with van der Waals surface area (Å²) >= 11 is 0. The number of aliphatic hydroxyl groups excluding tert-OH is 1. The molecule has 0 spiro atoms. The van der Waals surface area contributed by atoms with Crippen LogP contribution in [0.5, 0.6) is 5.75 Å². The van der Waals surface area contributed by atoms with Crippen molar-refractivity contribution >= 4 is 5.69 Å². The average molecular weight is 332 g/mol. The maximum Gasteiger partial charge on any atom is 0.311 e. The van der Waals surface area contributed by atoms with E-state index in [1.807, 2.05) is 30.3 Å². The van der Waals surface area contributed by atoms with E-state index in [2.05, 4.69) is 0 Å². The van der Waals surface area contributed by atoms with Crippen LogP contribution in [0.3, 0.4) is 0 Å².